The molecule has 7 nitrogen and oxygen atoms in total. The SMILES string of the molecule is COc1ccc(C(Nc2ncnn3c([C@H]4C[C@H](C)[C@@H](CO)O4)ccc23)(c2ccccc2)c2ccccc2)cc1. The summed E-state index contributed by atoms with van der Waals surface area (Å²) in [5.74, 6) is 1.76. The molecule has 39 heavy (non-hydrogen) atoms. The van der Waals surface area contributed by atoms with E-state index in [2.05, 4.69) is 78.0 Å². The smallest absolute Gasteiger partial charge is 0.155 e. The maximum atomic E-state index is 9.72. The predicted octanol–water partition coefficient (Wildman–Crippen LogP) is 5.60. The van der Waals surface area contributed by atoms with E-state index in [9.17, 15) is 5.11 Å². The molecule has 0 spiro atoms. The number of rotatable bonds is 8. The molecular formula is C32H32N4O3. The summed E-state index contributed by atoms with van der Waals surface area (Å²) in [6.07, 6.45) is 2.10. The Morgan fingerprint density at radius 2 is 1.56 bits per heavy atom. The second-order valence-electron chi connectivity index (χ2n) is 10.1. The average molecular weight is 521 g/mol. The van der Waals surface area contributed by atoms with E-state index in [1.165, 1.54) is 0 Å². The van der Waals surface area contributed by atoms with Gasteiger partial charge in [0.2, 0.25) is 0 Å². The van der Waals surface area contributed by atoms with Crippen LogP contribution in [-0.2, 0) is 10.3 Å². The van der Waals surface area contributed by atoms with Gasteiger partial charge in [0, 0.05) is 0 Å². The number of hydrogen-bond donors (Lipinski definition) is 2. The third-order valence-electron chi connectivity index (χ3n) is 7.79. The first kappa shape index (κ1) is 25.1. The Balaban J connectivity index is 1.52. The highest BCUT2D eigenvalue weighted by Gasteiger charge is 2.38. The van der Waals surface area contributed by atoms with Crippen molar-refractivity contribution in [3.63, 3.8) is 0 Å². The van der Waals surface area contributed by atoms with Crippen LogP contribution in [0.1, 0.15) is 41.8 Å². The first-order valence-electron chi connectivity index (χ1n) is 13.3. The van der Waals surface area contributed by atoms with Crippen LogP contribution in [0, 0.1) is 5.92 Å². The highest BCUT2D eigenvalue weighted by Crippen LogP contribution is 2.42. The van der Waals surface area contributed by atoms with Gasteiger partial charge in [0.1, 0.15) is 29.2 Å². The normalized spacial score (nSPS) is 19.3. The number of ether oxygens (including phenoxy) is 2. The molecule has 3 heterocycles. The van der Waals surface area contributed by atoms with Crippen LogP contribution in [0.3, 0.4) is 0 Å². The molecule has 7 heteroatoms. The number of methoxy groups -OCH3 is 1. The van der Waals surface area contributed by atoms with E-state index in [1.54, 1.807) is 13.4 Å². The lowest BCUT2D eigenvalue weighted by molar-refractivity contribution is -0.00125. The minimum absolute atomic E-state index is 0.0152. The van der Waals surface area contributed by atoms with E-state index >= 15 is 0 Å². The molecule has 1 aliphatic heterocycles. The van der Waals surface area contributed by atoms with E-state index in [0.29, 0.717) is 5.82 Å². The Morgan fingerprint density at radius 1 is 0.923 bits per heavy atom. The fourth-order valence-corrected chi connectivity index (χ4v) is 5.71. The van der Waals surface area contributed by atoms with Gasteiger partial charge < -0.3 is 19.9 Å². The van der Waals surface area contributed by atoms with Crippen molar-refractivity contribution in [1.82, 2.24) is 14.6 Å². The lowest BCUT2D eigenvalue weighted by Crippen LogP contribution is -2.38. The minimum atomic E-state index is -0.756. The monoisotopic (exact) mass is 520 g/mol. The Bertz CT molecular complexity index is 1500. The summed E-state index contributed by atoms with van der Waals surface area (Å²) in [4.78, 5) is 4.74. The molecule has 0 bridgehead atoms. The minimum Gasteiger partial charge on any atom is -0.497 e. The molecule has 0 amide bonds. The number of anilines is 1. The Morgan fingerprint density at radius 3 is 2.15 bits per heavy atom. The second-order valence-corrected chi connectivity index (χ2v) is 10.1. The van der Waals surface area contributed by atoms with Crippen molar-refractivity contribution in [1.29, 1.82) is 0 Å². The van der Waals surface area contributed by atoms with E-state index < -0.39 is 5.54 Å². The van der Waals surface area contributed by atoms with Gasteiger partial charge in [-0.25, -0.2) is 9.50 Å². The summed E-state index contributed by atoms with van der Waals surface area (Å²) < 4.78 is 13.6. The average Bonchev–Trinajstić information content (AvgIpc) is 3.60. The van der Waals surface area contributed by atoms with Crippen LogP contribution in [0.15, 0.2) is 103 Å². The first-order valence-corrected chi connectivity index (χ1v) is 13.3. The third kappa shape index (κ3) is 4.43. The second kappa shape index (κ2) is 10.5. The summed E-state index contributed by atoms with van der Waals surface area (Å²) in [5, 5.41) is 18.2. The third-order valence-corrected chi connectivity index (χ3v) is 7.79. The summed E-state index contributed by atoms with van der Waals surface area (Å²) in [6.45, 7) is 2.13. The van der Waals surface area contributed by atoms with Gasteiger partial charge in [0.05, 0.1) is 25.5 Å². The topological polar surface area (TPSA) is 80.9 Å². The molecule has 198 valence electrons. The number of nitrogens with one attached hydrogen (secondary N) is 1. The predicted molar refractivity (Wildman–Crippen MR) is 151 cm³/mol. The lowest BCUT2D eigenvalue weighted by Gasteiger charge is -2.37. The van der Waals surface area contributed by atoms with Gasteiger partial charge in [0.15, 0.2) is 5.82 Å². The van der Waals surface area contributed by atoms with Crippen molar-refractivity contribution in [2.75, 3.05) is 19.0 Å². The van der Waals surface area contributed by atoms with Gasteiger partial charge in [-0.05, 0) is 53.3 Å². The highest BCUT2D eigenvalue weighted by atomic mass is 16.5. The summed E-state index contributed by atoms with van der Waals surface area (Å²) in [6, 6.07) is 33.0. The number of benzene rings is 3. The van der Waals surface area contributed by atoms with Crippen molar-refractivity contribution in [3.8, 4) is 5.75 Å². The number of aliphatic hydroxyl groups excluding tert-OH is 1. The molecule has 2 aromatic heterocycles. The van der Waals surface area contributed by atoms with E-state index in [0.717, 1.165) is 40.1 Å². The largest absolute Gasteiger partial charge is 0.497 e. The summed E-state index contributed by atoms with van der Waals surface area (Å²) in [7, 11) is 1.67. The quantitative estimate of drug-likeness (QED) is 0.259. The van der Waals surface area contributed by atoms with Crippen LogP contribution in [0.4, 0.5) is 5.82 Å². The number of aliphatic hydroxyl groups is 1. The van der Waals surface area contributed by atoms with Gasteiger partial charge >= 0.3 is 0 Å². The van der Waals surface area contributed by atoms with Gasteiger partial charge in [-0.1, -0.05) is 79.7 Å². The molecule has 0 unspecified atom stereocenters. The lowest BCUT2D eigenvalue weighted by atomic mass is 9.77. The summed E-state index contributed by atoms with van der Waals surface area (Å²) in [5.41, 5.74) is 4.23. The maximum Gasteiger partial charge on any atom is 0.155 e. The zero-order valence-corrected chi connectivity index (χ0v) is 22.1. The fraction of sp³-hybridized carbons (Fsp3) is 0.250. The molecule has 1 saturated heterocycles. The van der Waals surface area contributed by atoms with Crippen LogP contribution in [0.2, 0.25) is 0 Å². The van der Waals surface area contributed by atoms with Crippen molar-refractivity contribution < 1.29 is 14.6 Å². The van der Waals surface area contributed by atoms with Gasteiger partial charge in [-0.15, -0.1) is 0 Å². The molecule has 0 radical (unpaired) electrons. The zero-order valence-electron chi connectivity index (χ0n) is 22.1. The van der Waals surface area contributed by atoms with Gasteiger partial charge in [-0.3, -0.25) is 0 Å². The van der Waals surface area contributed by atoms with Crippen LogP contribution < -0.4 is 10.1 Å². The molecule has 5 aromatic rings. The van der Waals surface area contributed by atoms with Crippen molar-refractivity contribution >= 4 is 11.3 Å². The first-order chi connectivity index (χ1) is 19.1. The van der Waals surface area contributed by atoms with Crippen LogP contribution in [-0.4, -0.2) is 39.5 Å². The van der Waals surface area contributed by atoms with Crippen molar-refractivity contribution in [2.24, 2.45) is 5.92 Å². The van der Waals surface area contributed by atoms with Gasteiger partial charge in [-0.2, -0.15) is 5.10 Å². The standard InChI is InChI=1S/C32H32N4O3/c1-22-19-29(39-30(22)20-37)27-17-18-28-31(33-21-34-36(27)28)35-32(23-9-5-3-6-10-23,24-11-7-4-8-12-24)25-13-15-26(38-2)16-14-25/h3-18,21-22,29-30,37H,19-20H2,1-2H3,(H,33,34,35)/t22-,29+,30+/m0/s1. The highest BCUT2D eigenvalue weighted by molar-refractivity contribution is 5.72. The van der Waals surface area contributed by atoms with E-state index in [1.807, 2.05) is 40.9 Å². The summed E-state index contributed by atoms with van der Waals surface area (Å²) >= 11 is 0. The van der Waals surface area contributed by atoms with Gasteiger partial charge in [0.25, 0.3) is 0 Å². The molecule has 0 aliphatic carbocycles. The molecule has 3 aromatic carbocycles. The zero-order chi connectivity index (χ0) is 26.8. The van der Waals surface area contributed by atoms with E-state index in [-0.39, 0.29) is 24.7 Å². The Labute approximate surface area is 228 Å². The molecule has 3 atom stereocenters. The number of fused-ring (bicyclic) bond motifs is 1. The molecule has 2 N–H and O–H groups in total. The van der Waals surface area contributed by atoms with Crippen LogP contribution in [0.25, 0.3) is 5.52 Å². The van der Waals surface area contributed by atoms with Crippen molar-refractivity contribution in [3.05, 3.63) is 126 Å². The van der Waals surface area contributed by atoms with Crippen LogP contribution >= 0.6 is 0 Å². The van der Waals surface area contributed by atoms with E-state index in [4.69, 9.17) is 14.5 Å². The Hall–Kier alpha value is -4.20. The number of hydrogen-bond acceptors (Lipinski definition) is 6. The van der Waals surface area contributed by atoms with Crippen molar-refractivity contribution in [2.45, 2.75) is 31.1 Å². The molecule has 1 aliphatic rings. The molecule has 6 rings (SSSR count). The Kier molecular flexibility index (Phi) is 6.77. The fourth-order valence-electron chi connectivity index (χ4n) is 5.71. The number of aromatic nitrogens is 3. The van der Waals surface area contributed by atoms with Crippen LogP contribution in [0.5, 0.6) is 5.75 Å². The molecule has 0 saturated carbocycles. The number of nitrogens with zero attached hydrogens (tertiary/aromatic N) is 3. The molecular weight excluding hydrogens is 488 g/mol. The molecule has 1 fully saturated rings. The maximum absolute atomic E-state index is 9.72.